The van der Waals surface area contributed by atoms with Crippen LogP contribution in [0.15, 0.2) is 24.3 Å². The van der Waals surface area contributed by atoms with Gasteiger partial charge in [0.25, 0.3) is 5.91 Å². The van der Waals surface area contributed by atoms with Crippen LogP contribution in [-0.2, 0) is 4.79 Å². The van der Waals surface area contributed by atoms with E-state index >= 15 is 0 Å². The molecule has 1 unspecified atom stereocenters. The summed E-state index contributed by atoms with van der Waals surface area (Å²) in [6, 6.07) is 7.26. The minimum absolute atomic E-state index is 0.00983. The van der Waals surface area contributed by atoms with Crippen LogP contribution in [0.5, 0.6) is 11.5 Å². The van der Waals surface area contributed by atoms with Crippen LogP contribution in [0.3, 0.4) is 0 Å². The van der Waals surface area contributed by atoms with Crippen molar-refractivity contribution in [1.29, 1.82) is 0 Å². The smallest absolute Gasteiger partial charge is 0.267 e. The number of aliphatic hydroxyl groups is 1. The van der Waals surface area contributed by atoms with Gasteiger partial charge in [0, 0.05) is 6.54 Å². The quantitative estimate of drug-likeness (QED) is 0.858. The topological polar surface area (TPSA) is 59.0 Å². The summed E-state index contributed by atoms with van der Waals surface area (Å²) in [7, 11) is 0. The number of hydrogen-bond donors (Lipinski definition) is 1. The molecule has 1 N–H and O–H groups in total. The van der Waals surface area contributed by atoms with E-state index in [-0.39, 0.29) is 25.2 Å². The molecule has 2 heterocycles. The Morgan fingerprint density at radius 2 is 2.16 bits per heavy atom. The number of fused-ring (bicyclic) bond motifs is 1. The molecule has 1 amide bonds. The van der Waals surface area contributed by atoms with Crippen LogP contribution in [0, 0.1) is 0 Å². The molecular weight excluding hydrogens is 246 g/mol. The lowest BCUT2D eigenvalue weighted by Gasteiger charge is -2.31. The number of para-hydroxylation sites is 2. The molecule has 0 saturated carbocycles. The lowest BCUT2D eigenvalue weighted by atomic mass is 10.2. The van der Waals surface area contributed by atoms with Gasteiger partial charge in [0.2, 0.25) is 6.10 Å². The summed E-state index contributed by atoms with van der Waals surface area (Å²) in [5, 5.41) is 9.28. The Hall–Kier alpha value is -1.75. The Morgan fingerprint density at radius 3 is 2.95 bits per heavy atom. The zero-order chi connectivity index (χ0) is 13.2. The van der Waals surface area contributed by atoms with Crippen LogP contribution >= 0.6 is 0 Å². The summed E-state index contributed by atoms with van der Waals surface area (Å²) in [5.74, 6) is 1.18. The molecule has 19 heavy (non-hydrogen) atoms. The minimum atomic E-state index is -0.609. The van der Waals surface area contributed by atoms with E-state index in [1.807, 2.05) is 18.2 Å². The molecule has 0 aromatic heterocycles. The van der Waals surface area contributed by atoms with E-state index in [9.17, 15) is 9.90 Å². The van der Waals surface area contributed by atoms with Gasteiger partial charge in [0.1, 0.15) is 6.61 Å². The third-order valence-corrected chi connectivity index (χ3v) is 3.65. The molecule has 5 nitrogen and oxygen atoms in total. The van der Waals surface area contributed by atoms with Gasteiger partial charge >= 0.3 is 0 Å². The summed E-state index contributed by atoms with van der Waals surface area (Å²) in [5.41, 5.74) is 0. The average molecular weight is 263 g/mol. The van der Waals surface area contributed by atoms with Gasteiger partial charge in [0.05, 0.1) is 12.6 Å². The summed E-state index contributed by atoms with van der Waals surface area (Å²) in [6.45, 7) is 0.923. The number of ether oxygens (including phenoxy) is 2. The van der Waals surface area contributed by atoms with Crippen molar-refractivity contribution >= 4 is 5.91 Å². The largest absolute Gasteiger partial charge is 0.485 e. The SMILES string of the molecule is O=C(C1COc2ccccc2O1)N1CCC[C@@H]1CO. The molecule has 2 atom stereocenters. The molecule has 1 fully saturated rings. The molecule has 1 aromatic carbocycles. The van der Waals surface area contributed by atoms with Crippen LogP contribution in [-0.4, -0.2) is 47.8 Å². The number of likely N-dealkylation sites (tertiary alicyclic amines) is 1. The molecule has 2 aliphatic rings. The second-order valence-corrected chi connectivity index (χ2v) is 4.87. The van der Waals surface area contributed by atoms with Crippen LogP contribution in [0.4, 0.5) is 0 Å². The highest BCUT2D eigenvalue weighted by Gasteiger charge is 2.36. The minimum Gasteiger partial charge on any atom is -0.485 e. The van der Waals surface area contributed by atoms with E-state index in [0.29, 0.717) is 18.0 Å². The Kier molecular flexibility index (Phi) is 3.29. The van der Waals surface area contributed by atoms with Crippen molar-refractivity contribution in [2.24, 2.45) is 0 Å². The normalized spacial score (nSPS) is 25.4. The monoisotopic (exact) mass is 263 g/mol. The summed E-state index contributed by atoms with van der Waals surface area (Å²) >= 11 is 0. The maximum atomic E-state index is 12.4. The van der Waals surface area contributed by atoms with Gasteiger partial charge in [-0.1, -0.05) is 12.1 Å². The van der Waals surface area contributed by atoms with Gasteiger partial charge in [0.15, 0.2) is 11.5 Å². The summed E-state index contributed by atoms with van der Waals surface area (Å²) < 4.78 is 11.3. The first-order valence-corrected chi connectivity index (χ1v) is 6.59. The third-order valence-electron chi connectivity index (χ3n) is 3.65. The Morgan fingerprint density at radius 1 is 1.37 bits per heavy atom. The third kappa shape index (κ3) is 2.26. The molecule has 0 spiro atoms. The van der Waals surface area contributed by atoms with Gasteiger partial charge in [-0.25, -0.2) is 0 Å². The molecule has 0 aliphatic carbocycles. The highest BCUT2D eigenvalue weighted by Crippen LogP contribution is 2.32. The molecule has 0 bridgehead atoms. The van der Waals surface area contributed by atoms with E-state index in [2.05, 4.69) is 0 Å². The van der Waals surface area contributed by atoms with E-state index in [4.69, 9.17) is 9.47 Å². The maximum Gasteiger partial charge on any atom is 0.267 e. The number of carbonyl (C=O) groups excluding carboxylic acids is 1. The fraction of sp³-hybridized carbons (Fsp3) is 0.500. The van der Waals surface area contributed by atoms with E-state index in [1.54, 1.807) is 11.0 Å². The summed E-state index contributed by atoms with van der Waals surface area (Å²) in [6.07, 6.45) is 1.18. The molecule has 5 heteroatoms. The lowest BCUT2D eigenvalue weighted by molar-refractivity contribution is -0.142. The second-order valence-electron chi connectivity index (χ2n) is 4.87. The van der Waals surface area contributed by atoms with E-state index < -0.39 is 6.10 Å². The second kappa shape index (κ2) is 5.09. The molecule has 2 aliphatic heterocycles. The number of hydrogen-bond acceptors (Lipinski definition) is 4. The van der Waals surface area contributed by atoms with Crippen molar-refractivity contribution in [1.82, 2.24) is 4.90 Å². The predicted octanol–water partition coefficient (Wildman–Crippen LogP) is 0.810. The fourth-order valence-electron chi connectivity index (χ4n) is 2.64. The Labute approximate surface area is 111 Å². The maximum absolute atomic E-state index is 12.4. The lowest BCUT2D eigenvalue weighted by Crippen LogP contribution is -2.49. The zero-order valence-electron chi connectivity index (χ0n) is 10.6. The number of nitrogens with zero attached hydrogens (tertiary/aromatic N) is 1. The van der Waals surface area contributed by atoms with Crippen molar-refractivity contribution in [3.05, 3.63) is 24.3 Å². The van der Waals surface area contributed by atoms with Crippen molar-refractivity contribution in [3.63, 3.8) is 0 Å². The Bertz CT molecular complexity index is 476. The van der Waals surface area contributed by atoms with Crippen molar-refractivity contribution in [3.8, 4) is 11.5 Å². The number of aliphatic hydroxyl groups excluding tert-OH is 1. The van der Waals surface area contributed by atoms with E-state index in [0.717, 1.165) is 12.8 Å². The highest BCUT2D eigenvalue weighted by atomic mass is 16.6. The van der Waals surface area contributed by atoms with Crippen molar-refractivity contribution < 1.29 is 19.4 Å². The number of rotatable bonds is 2. The first kappa shape index (κ1) is 12.3. The van der Waals surface area contributed by atoms with Gasteiger partial charge in [-0.3, -0.25) is 4.79 Å². The van der Waals surface area contributed by atoms with Gasteiger partial charge in [-0.05, 0) is 25.0 Å². The van der Waals surface area contributed by atoms with Crippen LogP contribution in [0.2, 0.25) is 0 Å². The van der Waals surface area contributed by atoms with Crippen LogP contribution in [0.25, 0.3) is 0 Å². The molecule has 102 valence electrons. The number of benzene rings is 1. The Balaban J connectivity index is 1.72. The molecule has 3 rings (SSSR count). The predicted molar refractivity (Wildman–Crippen MR) is 68.2 cm³/mol. The zero-order valence-corrected chi connectivity index (χ0v) is 10.6. The average Bonchev–Trinajstić information content (AvgIpc) is 2.94. The molecule has 1 aromatic rings. The van der Waals surface area contributed by atoms with Gasteiger partial charge < -0.3 is 19.5 Å². The van der Waals surface area contributed by atoms with Gasteiger partial charge in [-0.15, -0.1) is 0 Å². The molecule has 1 saturated heterocycles. The number of carbonyl (C=O) groups is 1. The van der Waals surface area contributed by atoms with Crippen molar-refractivity contribution in [2.45, 2.75) is 25.0 Å². The molecule has 0 radical (unpaired) electrons. The highest BCUT2D eigenvalue weighted by molar-refractivity contribution is 5.82. The first-order valence-electron chi connectivity index (χ1n) is 6.59. The molecular formula is C14H17NO4. The standard InChI is InChI=1S/C14H17NO4/c16-8-10-4-3-7-15(10)14(17)13-9-18-11-5-1-2-6-12(11)19-13/h1-2,5-6,10,13,16H,3-4,7-9H2/t10-,13?/m1/s1. The van der Waals surface area contributed by atoms with Crippen molar-refractivity contribution in [2.75, 3.05) is 19.8 Å². The van der Waals surface area contributed by atoms with Crippen LogP contribution in [0.1, 0.15) is 12.8 Å². The fourth-order valence-corrected chi connectivity index (χ4v) is 2.64. The summed E-state index contributed by atoms with van der Waals surface area (Å²) in [4.78, 5) is 14.1. The van der Waals surface area contributed by atoms with E-state index in [1.165, 1.54) is 0 Å². The first-order chi connectivity index (χ1) is 9.29. The number of amides is 1. The van der Waals surface area contributed by atoms with Gasteiger partial charge in [-0.2, -0.15) is 0 Å². The van der Waals surface area contributed by atoms with Crippen LogP contribution < -0.4 is 9.47 Å².